The summed E-state index contributed by atoms with van der Waals surface area (Å²) >= 11 is 5.43. The third kappa shape index (κ3) is 2.96. The molecule has 1 aromatic heterocycles. The van der Waals surface area contributed by atoms with Crippen LogP contribution in [0.1, 0.15) is 29.5 Å². The molecule has 0 atom stereocenters. The maximum absolute atomic E-state index is 9.48. The zero-order valence-electron chi connectivity index (χ0n) is 14.6. The minimum absolute atomic E-state index is 0.479. The number of aromatic amines is 1. The van der Waals surface area contributed by atoms with Crippen LogP contribution >= 0.6 is 12.2 Å². The van der Waals surface area contributed by atoms with Crippen LogP contribution in [-0.2, 0) is 12.8 Å². The third-order valence-electron chi connectivity index (χ3n) is 4.60. The molecular weight excluding hydrogens is 336 g/mol. The van der Waals surface area contributed by atoms with Crippen LogP contribution in [0.5, 0.6) is 17.2 Å². The Labute approximate surface area is 152 Å². The molecule has 25 heavy (non-hydrogen) atoms. The van der Waals surface area contributed by atoms with Crippen LogP contribution in [-0.4, -0.2) is 26.3 Å². The van der Waals surface area contributed by atoms with Crippen molar-refractivity contribution < 1.29 is 14.2 Å². The number of fused-ring (bicyclic) bond motifs is 1. The summed E-state index contributed by atoms with van der Waals surface area (Å²) in [5, 5.41) is 9.48. The fourth-order valence-corrected chi connectivity index (χ4v) is 3.71. The lowest BCUT2D eigenvalue weighted by Gasteiger charge is -2.22. The number of methoxy groups -OCH3 is 3. The molecule has 0 saturated carbocycles. The van der Waals surface area contributed by atoms with Gasteiger partial charge in [0, 0.05) is 5.56 Å². The highest BCUT2D eigenvalue weighted by Crippen LogP contribution is 2.42. The largest absolute Gasteiger partial charge is 0.493 e. The van der Waals surface area contributed by atoms with Crippen LogP contribution < -0.4 is 14.2 Å². The van der Waals surface area contributed by atoms with Crippen molar-refractivity contribution >= 4 is 12.2 Å². The molecule has 6 heteroatoms. The van der Waals surface area contributed by atoms with E-state index in [4.69, 9.17) is 26.4 Å². The van der Waals surface area contributed by atoms with Crippen molar-refractivity contribution in [1.82, 2.24) is 4.98 Å². The van der Waals surface area contributed by atoms with E-state index in [-0.39, 0.29) is 0 Å². The van der Waals surface area contributed by atoms with Gasteiger partial charge in [0.05, 0.1) is 32.6 Å². The number of nitrogens with one attached hydrogen (secondary N) is 1. The molecule has 2 aromatic rings. The van der Waals surface area contributed by atoms with E-state index in [0.29, 0.717) is 27.5 Å². The third-order valence-corrected chi connectivity index (χ3v) is 4.91. The zero-order chi connectivity index (χ0) is 18.0. The summed E-state index contributed by atoms with van der Waals surface area (Å²) in [7, 11) is 4.77. The molecule has 0 unspecified atom stereocenters. The average molecular weight is 356 g/mol. The molecule has 0 fully saturated rings. The second kappa shape index (κ2) is 7.16. The van der Waals surface area contributed by atoms with E-state index in [1.54, 1.807) is 21.3 Å². The quantitative estimate of drug-likeness (QED) is 0.832. The lowest BCUT2D eigenvalue weighted by molar-refractivity contribution is 0.324. The zero-order valence-corrected chi connectivity index (χ0v) is 15.4. The molecule has 0 spiro atoms. The second-order valence-electron chi connectivity index (χ2n) is 5.89. The summed E-state index contributed by atoms with van der Waals surface area (Å²) in [4.78, 5) is 3.25. The fraction of sp³-hybridized carbons (Fsp3) is 0.368. The Morgan fingerprint density at radius 1 is 1.00 bits per heavy atom. The summed E-state index contributed by atoms with van der Waals surface area (Å²) in [5.74, 6) is 1.73. The van der Waals surface area contributed by atoms with Gasteiger partial charge in [-0.3, -0.25) is 0 Å². The summed E-state index contributed by atoms with van der Waals surface area (Å²) < 4.78 is 16.8. The number of H-pyrrole nitrogens is 1. The first kappa shape index (κ1) is 17.3. The van der Waals surface area contributed by atoms with Gasteiger partial charge >= 0.3 is 0 Å². The fourth-order valence-electron chi connectivity index (χ4n) is 3.44. The molecule has 1 aliphatic carbocycles. The van der Waals surface area contributed by atoms with Gasteiger partial charge in [-0.15, -0.1) is 0 Å². The number of nitrogens with zero attached hydrogens (tertiary/aromatic N) is 1. The summed E-state index contributed by atoms with van der Waals surface area (Å²) in [6.07, 6.45) is 3.98. The van der Waals surface area contributed by atoms with Crippen LogP contribution in [0.2, 0.25) is 0 Å². The summed E-state index contributed by atoms with van der Waals surface area (Å²) in [6.45, 7) is 0. The van der Waals surface area contributed by atoms with Gasteiger partial charge in [0.15, 0.2) is 11.5 Å². The standard InChI is InChI=1S/C19H20N2O3S/c1-22-15-8-11(9-16(23-2)18(15)24-3)17-13-7-5-4-6-12(13)14(10-20)19(25)21-17/h8-9H,4-7H2,1-3H3,(H,21,25). The first-order valence-electron chi connectivity index (χ1n) is 8.13. The van der Waals surface area contributed by atoms with Crippen molar-refractivity contribution in [3.63, 3.8) is 0 Å². The SMILES string of the molecule is COc1cc(-c2[nH]c(=S)c(C#N)c3c2CCCC3)cc(OC)c1OC. The van der Waals surface area contributed by atoms with E-state index >= 15 is 0 Å². The molecule has 1 aliphatic rings. The molecule has 1 heterocycles. The molecule has 3 rings (SSSR count). The highest BCUT2D eigenvalue weighted by atomic mass is 32.1. The minimum atomic E-state index is 0.479. The molecule has 5 nitrogen and oxygen atoms in total. The number of ether oxygens (including phenoxy) is 3. The Bertz CT molecular complexity index is 887. The highest BCUT2D eigenvalue weighted by Gasteiger charge is 2.22. The first-order chi connectivity index (χ1) is 12.1. The molecule has 0 radical (unpaired) electrons. The van der Waals surface area contributed by atoms with Gasteiger partial charge in [0.1, 0.15) is 10.7 Å². The van der Waals surface area contributed by atoms with E-state index < -0.39 is 0 Å². The van der Waals surface area contributed by atoms with Crippen molar-refractivity contribution in [2.45, 2.75) is 25.7 Å². The van der Waals surface area contributed by atoms with Crippen molar-refractivity contribution in [3.05, 3.63) is 33.5 Å². The van der Waals surface area contributed by atoms with Crippen molar-refractivity contribution in [2.75, 3.05) is 21.3 Å². The second-order valence-corrected chi connectivity index (χ2v) is 6.30. The van der Waals surface area contributed by atoms with Gasteiger partial charge in [0.2, 0.25) is 5.75 Å². The number of benzene rings is 1. The smallest absolute Gasteiger partial charge is 0.203 e. The number of hydrogen-bond acceptors (Lipinski definition) is 5. The molecular formula is C19H20N2O3S. The summed E-state index contributed by atoms with van der Waals surface area (Å²) in [5.41, 5.74) is 4.66. The monoisotopic (exact) mass is 356 g/mol. The van der Waals surface area contributed by atoms with Gasteiger partial charge in [-0.1, -0.05) is 12.2 Å². The minimum Gasteiger partial charge on any atom is -0.493 e. The van der Waals surface area contributed by atoms with Crippen LogP contribution in [0.25, 0.3) is 11.3 Å². The van der Waals surface area contributed by atoms with Crippen molar-refractivity contribution in [1.29, 1.82) is 5.26 Å². The normalized spacial score (nSPS) is 12.9. The number of pyridine rings is 1. The van der Waals surface area contributed by atoms with Gasteiger partial charge < -0.3 is 19.2 Å². The van der Waals surface area contributed by atoms with Gasteiger partial charge in [-0.25, -0.2) is 0 Å². The molecule has 0 aliphatic heterocycles. The van der Waals surface area contributed by atoms with E-state index in [1.165, 1.54) is 0 Å². The average Bonchev–Trinajstić information content (AvgIpc) is 2.66. The molecule has 0 saturated heterocycles. The lowest BCUT2D eigenvalue weighted by Crippen LogP contribution is -2.10. The van der Waals surface area contributed by atoms with Crippen LogP contribution in [0.15, 0.2) is 12.1 Å². The molecule has 0 bridgehead atoms. The predicted octanol–water partition coefficient (Wildman–Crippen LogP) is 4.19. The van der Waals surface area contributed by atoms with E-state index in [1.807, 2.05) is 12.1 Å². The van der Waals surface area contributed by atoms with Gasteiger partial charge in [-0.2, -0.15) is 5.26 Å². The van der Waals surface area contributed by atoms with E-state index in [0.717, 1.165) is 48.1 Å². The number of rotatable bonds is 4. The topological polar surface area (TPSA) is 67.3 Å². The Morgan fingerprint density at radius 3 is 2.12 bits per heavy atom. The number of aromatic nitrogens is 1. The van der Waals surface area contributed by atoms with Gasteiger partial charge in [-0.05, 0) is 48.9 Å². The number of hydrogen-bond donors (Lipinski definition) is 1. The van der Waals surface area contributed by atoms with Crippen molar-refractivity contribution in [3.8, 4) is 34.6 Å². The maximum atomic E-state index is 9.48. The van der Waals surface area contributed by atoms with Crippen LogP contribution in [0, 0.1) is 16.0 Å². The van der Waals surface area contributed by atoms with E-state index in [2.05, 4.69) is 11.1 Å². The molecule has 1 aromatic carbocycles. The Kier molecular flexibility index (Phi) is 4.95. The molecule has 1 N–H and O–H groups in total. The molecule has 130 valence electrons. The highest BCUT2D eigenvalue weighted by molar-refractivity contribution is 7.71. The van der Waals surface area contributed by atoms with Crippen molar-refractivity contribution in [2.24, 2.45) is 0 Å². The Morgan fingerprint density at radius 2 is 1.60 bits per heavy atom. The first-order valence-corrected chi connectivity index (χ1v) is 8.53. The summed E-state index contributed by atoms with van der Waals surface area (Å²) in [6, 6.07) is 6.07. The van der Waals surface area contributed by atoms with Gasteiger partial charge in [0.25, 0.3) is 0 Å². The molecule has 0 amide bonds. The lowest BCUT2D eigenvalue weighted by atomic mass is 9.86. The maximum Gasteiger partial charge on any atom is 0.203 e. The Hall–Kier alpha value is -2.52. The van der Waals surface area contributed by atoms with Crippen LogP contribution in [0.3, 0.4) is 0 Å². The number of nitriles is 1. The predicted molar refractivity (Wildman–Crippen MR) is 98.1 cm³/mol. The Balaban J connectivity index is 2.29. The van der Waals surface area contributed by atoms with Crippen LogP contribution in [0.4, 0.5) is 0 Å². The van der Waals surface area contributed by atoms with E-state index in [9.17, 15) is 5.26 Å².